The van der Waals surface area contributed by atoms with Crippen molar-refractivity contribution < 1.29 is 28.3 Å². The number of aromatic nitrogens is 1. The number of aryl methyl sites for hydroxylation is 1. The van der Waals surface area contributed by atoms with E-state index >= 15 is 0 Å². The van der Waals surface area contributed by atoms with Gasteiger partial charge in [0.25, 0.3) is 5.91 Å². The minimum absolute atomic E-state index is 0.107. The first-order chi connectivity index (χ1) is 17.2. The van der Waals surface area contributed by atoms with Gasteiger partial charge < -0.3 is 13.9 Å². The molecule has 1 aliphatic heterocycles. The Morgan fingerprint density at radius 1 is 1.06 bits per heavy atom. The van der Waals surface area contributed by atoms with E-state index in [1.165, 1.54) is 19.1 Å². The van der Waals surface area contributed by atoms with E-state index in [0.29, 0.717) is 26.7 Å². The number of carbonyl (C=O) groups is 3. The van der Waals surface area contributed by atoms with Crippen molar-refractivity contribution in [1.29, 1.82) is 0 Å². The molecule has 2 aromatic carbocycles. The van der Waals surface area contributed by atoms with Gasteiger partial charge in [0.2, 0.25) is 5.76 Å². The van der Waals surface area contributed by atoms with Crippen LogP contribution in [0.3, 0.4) is 0 Å². The third kappa shape index (κ3) is 3.71. The molecule has 4 aromatic rings. The van der Waals surface area contributed by atoms with E-state index < -0.39 is 23.9 Å². The molecule has 0 spiro atoms. The lowest BCUT2D eigenvalue weighted by Crippen LogP contribution is -2.29. The average molecular weight is 569 g/mol. The number of esters is 2. The number of nitrogens with zero attached hydrogens (tertiary/aromatic N) is 2. The molecule has 36 heavy (non-hydrogen) atoms. The minimum atomic E-state index is -0.908. The van der Waals surface area contributed by atoms with E-state index in [9.17, 15) is 19.2 Å². The van der Waals surface area contributed by atoms with Gasteiger partial charge in [0.05, 0.1) is 42.5 Å². The summed E-state index contributed by atoms with van der Waals surface area (Å²) in [4.78, 5) is 57.6. The number of rotatable bonds is 4. The standard InChI is InChI=1S/C25H17BrN2O7S/c1-11-21(24(32)34-3)36-25(27-11)28-18(12-4-6-13(7-5-12)23(31)33-2)17-19(29)15-10-14(26)8-9-16(15)35-20(17)22(28)30/h4-10,18H,1-3H3. The Kier molecular flexibility index (Phi) is 5.97. The molecule has 0 aliphatic carbocycles. The van der Waals surface area contributed by atoms with Gasteiger partial charge in [-0.15, -0.1) is 0 Å². The summed E-state index contributed by atoms with van der Waals surface area (Å²) in [5, 5.41) is 0.510. The number of hydrogen-bond donors (Lipinski definition) is 0. The summed E-state index contributed by atoms with van der Waals surface area (Å²) in [6.07, 6.45) is 0. The predicted octanol–water partition coefficient (Wildman–Crippen LogP) is 4.64. The predicted molar refractivity (Wildman–Crippen MR) is 135 cm³/mol. The molecule has 5 rings (SSSR count). The van der Waals surface area contributed by atoms with Gasteiger partial charge in [-0.25, -0.2) is 14.6 Å². The number of fused-ring (bicyclic) bond motifs is 2. The maximum Gasteiger partial charge on any atom is 0.350 e. The first-order valence-electron chi connectivity index (χ1n) is 10.6. The van der Waals surface area contributed by atoms with Crippen molar-refractivity contribution in [2.45, 2.75) is 13.0 Å². The summed E-state index contributed by atoms with van der Waals surface area (Å²) >= 11 is 4.35. The van der Waals surface area contributed by atoms with Crippen LogP contribution < -0.4 is 10.3 Å². The molecule has 0 radical (unpaired) electrons. The van der Waals surface area contributed by atoms with Crippen LogP contribution in [-0.4, -0.2) is 37.0 Å². The molecule has 1 unspecified atom stereocenters. The number of halogens is 1. The summed E-state index contributed by atoms with van der Waals surface area (Å²) in [5.74, 6) is -1.78. The number of thiazole rings is 1. The quantitative estimate of drug-likeness (QED) is 0.327. The Labute approximate surface area is 216 Å². The van der Waals surface area contributed by atoms with Gasteiger partial charge in [0.15, 0.2) is 10.6 Å². The Bertz CT molecular complexity index is 1620. The van der Waals surface area contributed by atoms with Crippen LogP contribution in [0.5, 0.6) is 0 Å². The smallest absolute Gasteiger partial charge is 0.350 e. The molecule has 2 aromatic heterocycles. The van der Waals surface area contributed by atoms with Crippen LogP contribution in [0.4, 0.5) is 5.13 Å². The number of benzene rings is 2. The molecule has 182 valence electrons. The second-order valence-electron chi connectivity index (χ2n) is 7.91. The lowest BCUT2D eigenvalue weighted by molar-refractivity contribution is 0.0593. The lowest BCUT2D eigenvalue weighted by Gasteiger charge is -2.22. The van der Waals surface area contributed by atoms with Gasteiger partial charge in [0, 0.05) is 4.47 Å². The molecule has 1 amide bonds. The molecule has 1 atom stereocenters. The lowest BCUT2D eigenvalue weighted by atomic mass is 9.98. The van der Waals surface area contributed by atoms with Crippen LogP contribution >= 0.6 is 27.3 Å². The van der Waals surface area contributed by atoms with Crippen molar-refractivity contribution in [3.63, 3.8) is 0 Å². The molecule has 11 heteroatoms. The van der Waals surface area contributed by atoms with Crippen molar-refractivity contribution in [1.82, 2.24) is 4.98 Å². The van der Waals surface area contributed by atoms with Gasteiger partial charge in [-0.3, -0.25) is 14.5 Å². The van der Waals surface area contributed by atoms with Gasteiger partial charge in [-0.05, 0) is 42.8 Å². The van der Waals surface area contributed by atoms with Gasteiger partial charge >= 0.3 is 11.9 Å². The van der Waals surface area contributed by atoms with E-state index in [4.69, 9.17) is 13.9 Å². The van der Waals surface area contributed by atoms with Gasteiger partial charge in [-0.1, -0.05) is 39.4 Å². The third-order valence-corrected chi connectivity index (χ3v) is 7.47. The number of methoxy groups -OCH3 is 2. The molecular formula is C25H17BrN2O7S. The van der Waals surface area contributed by atoms with Crippen molar-refractivity contribution in [2.24, 2.45) is 0 Å². The minimum Gasteiger partial charge on any atom is -0.465 e. The topological polar surface area (TPSA) is 116 Å². The fourth-order valence-electron chi connectivity index (χ4n) is 4.14. The Morgan fingerprint density at radius 2 is 1.75 bits per heavy atom. The summed E-state index contributed by atoms with van der Waals surface area (Å²) in [7, 11) is 2.54. The number of anilines is 1. The molecule has 9 nitrogen and oxygen atoms in total. The molecule has 0 N–H and O–H groups in total. The van der Waals surface area contributed by atoms with Gasteiger partial charge in [-0.2, -0.15) is 0 Å². The monoisotopic (exact) mass is 568 g/mol. The van der Waals surface area contributed by atoms with Crippen LogP contribution in [0, 0.1) is 6.92 Å². The SMILES string of the molecule is COC(=O)c1ccc(C2c3c(oc4ccc(Br)cc4c3=O)C(=O)N2c2nc(C)c(C(=O)OC)s2)cc1. The molecular weight excluding hydrogens is 552 g/mol. The number of hydrogen-bond acceptors (Lipinski definition) is 9. The molecule has 0 saturated heterocycles. The second-order valence-corrected chi connectivity index (χ2v) is 9.80. The second kappa shape index (κ2) is 8.99. The summed E-state index contributed by atoms with van der Waals surface area (Å²) in [6.45, 7) is 1.63. The van der Waals surface area contributed by atoms with Crippen molar-refractivity contribution in [3.8, 4) is 0 Å². The van der Waals surface area contributed by atoms with Crippen LogP contribution in [0.1, 0.15) is 53.4 Å². The Morgan fingerprint density at radius 3 is 2.42 bits per heavy atom. The Hall–Kier alpha value is -3.83. The molecule has 3 heterocycles. The highest BCUT2D eigenvalue weighted by Crippen LogP contribution is 2.43. The fraction of sp³-hybridized carbons (Fsp3) is 0.160. The number of carbonyl (C=O) groups excluding carboxylic acids is 3. The third-order valence-electron chi connectivity index (χ3n) is 5.84. The summed E-state index contributed by atoms with van der Waals surface area (Å²) in [6, 6.07) is 10.4. The molecule has 1 aliphatic rings. The molecule has 0 saturated carbocycles. The van der Waals surface area contributed by atoms with E-state index in [2.05, 4.69) is 20.9 Å². The maximum atomic E-state index is 13.7. The zero-order valence-electron chi connectivity index (χ0n) is 19.2. The molecule has 0 bridgehead atoms. The zero-order chi connectivity index (χ0) is 25.7. The largest absolute Gasteiger partial charge is 0.465 e. The van der Waals surface area contributed by atoms with Crippen molar-refractivity contribution in [3.05, 3.63) is 90.2 Å². The van der Waals surface area contributed by atoms with Crippen LogP contribution in [-0.2, 0) is 9.47 Å². The Balaban J connectivity index is 1.75. The first kappa shape index (κ1) is 23.9. The van der Waals surface area contributed by atoms with E-state index in [1.54, 1.807) is 49.4 Å². The van der Waals surface area contributed by atoms with E-state index in [1.807, 2.05) is 0 Å². The van der Waals surface area contributed by atoms with E-state index in [-0.39, 0.29) is 32.3 Å². The van der Waals surface area contributed by atoms with Crippen LogP contribution in [0.15, 0.2) is 56.1 Å². The fourth-order valence-corrected chi connectivity index (χ4v) is 5.52. The highest BCUT2D eigenvalue weighted by molar-refractivity contribution is 9.10. The van der Waals surface area contributed by atoms with Crippen LogP contribution in [0.2, 0.25) is 0 Å². The first-order valence-corrected chi connectivity index (χ1v) is 12.2. The summed E-state index contributed by atoms with van der Waals surface area (Å²) < 4.78 is 16.2. The van der Waals surface area contributed by atoms with Crippen molar-refractivity contribution in [2.75, 3.05) is 19.1 Å². The normalized spacial score (nSPS) is 14.7. The van der Waals surface area contributed by atoms with Gasteiger partial charge in [0.1, 0.15) is 10.5 Å². The molecule has 0 fully saturated rings. The van der Waals surface area contributed by atoms with Crippen LogP contribution in [0.25, 0.3) is 11.0 Å². The maximum absolute atomic E-state index is 13.7. The number of amides is 1. The van der Waals surface area contributed by atoms with Crippen molar-refractivity contribution >= 4 is 61.2 Å². The highest BCUT2D eigenvalue weighted by Gasteiger charge is 2.45. The average Bonchev–Trinajstić information content (AvgIpc) is 3.41. The zero-order valence-corrected chi connectivity index (χ0v) is 21.6. The highest BCUT2D eigenvalue weighted by atomic mass is 79.9. The van der Waals surface area contributed by atoms with E-state index in [0.717, 1.165) is 11.3 Å². The number of ether oxygens (including phenoxy) is 2. The summed E-state index contributed by atoms with van der Waals surface area (Å²) in [5.41, 5.74) is 1.28.